The van der Waals surface area contributed by atoms with E-state index in [1.807, 2.05) is 41.6 Å². The molecule has 12 heteroatoms. The molecule has 4 heterocycles. The van der Waals surface area contributed by atoms with Gasteiger partial charge in [-0.1, -0.05) is 6.07 Å². The number of fused-ring (bicyclic) bond motifs is 1. The smallest absolute Gasteiger partial charge is 0.276 e. The molecule has 2 aliphatic heterocycles. The van der Waals surface area contributed by atoms with Crippen molar-refractivity contribution < 1.29 is 23.8 Å². The fourth-order valence-electron chi connectivity index (χ4n) is 4.75. The number of ether oxygens (including phenoxy) is 2. The number of amides is 1. The maximum atomic E-state index is 13.5. The van der Waals surface area contributed by atoms with Crippen LogP contribution in [-0.4, -0.2) is 90.0 Å². The number of carbonyl (C=O) groups excluding carboxylic acids is 1. The van der Waals surface area contributed by atoms with E-state index in [9.17, 15) is 9.90 Å². The van der Waals surface area contributed by atoms with E-state index in [1.54, 1.807) is 14.2 Å². The van der Waals surface area contributed by atoms with Crippen LogP contribution < -0.4 is 14.5 Å². The van der Waals surface area contributed by atoms with E-state index >= 15 is 0 Å². The number of hydrogen-bond acceptors (Lipinski definition) is 10. The first kappa shape index (κ1) is 25.0. The molecule has 0 saturated carbocycles. The third-order valence-corrected chi connectivity index (χ3v) is 6.98. The van der Waals surface area contributed by atoms with E-state index in [1.165, 1.54) is 4.90 Å². The van der Waals surface area contributed by atoms with E-state index < -0.39 is 0 Å². The van der Waals surface area contributed by atoms with Crippen molar-refractivity contribution in [3.63, 3.8) is 0 Å². The van der Waals surface area contributed by atoms with Gasteiger partial charge in [-0.2, -0.15) is 4.98 Å². The van der Waals surface area contributed by atoms with Crippen LogP contribution in [0, 0.1) is 12.8 Å². The number of imidazole rings is 1. The Labute approximate surface area is 215 Å². The Morgan fingerprint density at radius 2 is 1.89 bits per heavy atom. The number of aliphatic hydroxyl groups is 1. The number of aromatic nitrogens is 4. The van der Waals surface area contributed by atoms with Gasteiger partial charge in [0, 0.05) is 39.4 Å². The molecular weight excluding hydrogens is 478 g/mol. The zero-order valence-corrected chi connectivity index (χ0v) is 21.7. The van der Waals surface area contributed by atoms with Crippen molar-refractivity contribution in [1.29, 1.82) is 0 Å². The Morgan fingerprint density at radius 3 is 2.62 bits per heavy atom. The lowest BCUT2D eigenvalue weighted by atomic mass is 9.98. The summed E-state index contributed by atoms with van der Waals surface area (Å²) in [6, 6.07) is 5.72. The minimum absolute atomic E-state index is 0.172. The van der Waals surface area contributed by atoms with E-state index in [0.29, 0.717) is 36.0 Å². The van der Waals surface area contributed by atoms with Crippen molar-refractivity contribution in [3.8, 4) is 17.2 Å². The van der Waals surface area contributed by atoms with Gasteiger partial charge in [0.2, 0.25) is 17.7 Å². The minimum Gasteiger partial charge on any atom is -0.496 e. The third kappa shape index (κ3) is 4.86. The number of hydrogen-bond donors (Lipinski definition) is 1. The van der Waals surface area contributed by atoms with Crippen LogP contribution in [0.15, 0.2) is 22.6 Å². The molecule has 2 aromatic heterocycles. The Hall–Kier alpha value is -3.64. The molecule has 0 bridgehead atoms. The molecule has 0 unspecified atom stereocenters. The molecule has 1 saturated heterocycles. The molecule has 5 rings (SSSR count). The highest BCUT2D eigenvalue weighted by Gasteiger charge is 2.33. The molecule has 1 fully saturated rings. The molecule has 0 aliphatic carbocycles. The fourth-order valence-corrected chi connectivity index (χ4v) is 4.75. The van der Waals surface area contributed by atoms with Gasteiger partial charge in [0.1, 0.15) is 25.8 Å². The summed E-state index contributed by atoms with van der Waals surface area (Å²) in [6.45, 7) is 4.25. The fraction of sp³-hybridized carbons (Fsp3) is 0.520. The number of benzene rings is 1. The maximum Gasteiger partial charge on any atom is 0.276 e. The lowest BCUT2D eigenvalue weighted by molar-refractivity contribution is 0.0312. The lowest BCUT2D eigenvalue weighted by Gasteiger charge is -2.32. The molecule has 37 heavy (non-hydrogen) atoms. The Kier molecular flexibility index (Phi) is 7.02. The number of methoxy groups -OCH3 is 1. The standard InChI is InChI=1S/C25H33N7O5/c1-16-5-6-18(11-19(16)35-4)23-28-27-20(37-23)12-32-21-22(29(2)14-36-15-30(3)24(21)34)26-25(32)31-9-7-17(13-33)8-10-31/h5-6,11,17,33H,7-10,12-15H2,1-4H3. The normalized spacial score (nSPS) is 17.1. The van der Waals surface area contributed by atoms with Gasteiger partial charge >= 0.3 is 0 Å². The molecule has 12 nitrogen and oxygen atoms in total. The highest BCUT2D eigenvalue weighted by molar-refractivity contribution is 5.98. The SMILES string of the molecule is COc1cc(-c2nnc(Cn3c(N4CCC(CO)CC4)nc4c3C(=O)N(C)COCN4C)o2)ccc1C. The lowest BCUT2D eigenvalue weighted by Crippen LogP contribution is -2.38. The summed E-state index contributed by atoms with van der Waals surface area (Å²) in [6.07, 6.45) is 1.70. The van der Waals surface area contributed by atoms with Gasteiger partial charge < -0.3 is 33.7 Å². The summed E-state index contributed by atoms with van der Waals surface area (Å²) >= 11 is 0. The van der Waals surface area contributed by atoms with Gasteiger partial charge in [-0.3, -0.25) is 9.36 Å². The first-order chi connectivity index (χ1) is 17.9. The summed E-state index contributed by atoms with van der Waals surface area (Å²) in [5.74, 6) is 2.74. The zero-order chi connectivity index (χ0) is 26.1. The van der Waals surface area contributed by atoms with Gasteiger partial charge in [-0.05, 0) is 43.4 Å². The van der Waals surface area contributed by atoms with Gasteiger partial charge in [-0.25, -0.2) is 0 Å². The summed E-state index contributed by atoms with van der Waals surface area (Å²) in [5, 5.41) is 18.1. The Balaban J connectivity index is 1.53. The molecule has 0 atom stereocenters. The number of rotatable bonds is 6. The number of piperidine rings is 1. The molecule has 0 spiro atoms. The second-order valence-corrected chi connectivity index (χ2v) is 9.63. The monoisotopic (exact) mass is 511 g/mol. The molecule has 2 aliphatic rings. The van der Waals surface area contributed by atoms with Gasteiger partial charge in [0.25, 0.3) is 5.91 Å². The van der Waals surface area contributed by atoms with Crippen LogP contribution in [0.4, 0.5) is 11.8 Å². The van der Waals surface area contributed by atoms with Crippen molar-refractivity contribution in [2.75, 3.05) is 64.2 Å². The second kappa shape index (κ2) is 10.4. The predicted molar refractivity (Wildman–Crippen MR) is 136 cm³/mol. The van der Waals surface area contributed by atoms with Crippen LogP contribution >= 0.6 is 0 Å². The first-order valence-electron chi connectivity index (χ1n) is 12.4. The van der Waals surface area contributed by atoms with Crippen molar-refractivity contribution in [1.82, 2.24) is 24.6 Å². The summed E-state index contributed by atoms with van der Waals surface area (Å²) in [4.78, 5) is 23.9. The molecule has 3 aromatic rings. The average molecular weight is 512 g/mol. The van der Waals surface area contributed by atoms with Crippen LogP contribution in [0.2, 0.25) is 0 Å². The molecule has 0 radical (unpaired) electrons. The molecular formula is C25H33N7O5. The minimum atomic E-state index is -0.200. The number of aryl methyl sites for hydroxylation is 1. The van der Waals surface area contributed by atoms with Crippen LogP contribution in [0.5, 0.6) is 5.75 Å². The number of carbonyl (C=O) groups is 1. The number of aliphatic hydroxyl groups excluding tert-OH is 1. The average Bonchev–Trinajstić information content (AvgIpc) is 3.53. The largest absolute Gasteiger partial charge is 0.496 e. The predicted octanol–water partition coefficient (Wildman–Crippen LogP) is 1.96. The molecule has 1 aromatic carbocycles. The van der Waals surface area contributed by atoms with Crippen LogP contribution in [-0.2, 0) is 11.3 Å². The Morgan fingerprint density at radius 1 is 1.14 bits per heavy atom. The van der Waals surface area contributed by atoms with Crippen LogP contribution in [0.3, 0.4) is 0 Å². The van der Waals surface area contributed by atoms with Crippen molar-refractivity contribution >= 4 is 17.7 Å². The summed E-state index contributed by atoms with van der Waals surface area (Å²) in [7, 11) is 5.18. The van der Waals surface area contributed by atoms with Crippen LogP contribution in [0.25, 0.3) is 11.5 Å². The number of nitrogens with zero attached hydrogens (tertiary/aromatic N) is 7. The third-order valence-electron chi connectivity index (χ3n) is 6.98. The van der Waals surface area contributed by atoms with Gasteiger partial charge in [0.15, 0.2) is 11.5 Å². The van der Waals surface area contributed by atoms with Crippen molar-refractivity contribution in [2.24, 2.45) is 5.92 Å². The molecule has 198 valence electrons. The highest BCUT2D eigenvalue weighted by Crippen LogP contribution is 2.32. The van der Waals surface area contributed by atoms with Crippen molar-refractivity contribution in [2.45, 2.75) is 26.3 Å². The quantitative estimate of drug-likeness (QED) is 0.525. The van der Waals surface area contributed by atoms with E-state index in [0.717, 1.165) is 42.8 Å². The second-order valence-electron chi connectivity index (χ2n) is 9.63. The van der Waals surface area contributed by atoms with E-state index in [4.69, 9.17) is 18.9 Å². The summed E-state index contributed by atoms with van der Waals surface area (Å²) < 4.78 is 19.0. The van der Waals surface area contributed by atoms with Crippen molar-refractivity contribution in [3.05, 3.63) is 35.3 Å². The molecule has 1 amide bonds. The maximum absolute atomic E-state index is 13.5. The van der Waals surface area contributed by atoms with E-state index in [-0.39, 0.29) is 31.7 Å². The van der Waals surface area contributed by atoms with Gasteiger partial charge in [-0.15, -0.1) is 10.2 Å². The first-order valence-corrected chi connectivity index (χ1v) is 12.4. The topological polar surface area (TPSA) is 122 Å². The Bertz CT molecular complexity index is 1260. The number of anilines is 2. The van der Waals surface area contributed by atoms with E-state index in [2.05, 4.69) is 15.1 Å². The summed E-state index contributed by atoms with van der Waals surface area (Å²) in [5.41, 5.74) is 2.21. The highest BCUT2D eigenvalue weighted by atomic mass is 16.5. The van der Waals surface area contributed by atoms with Gasteiger partial charge in [0.05, 0.1) is 7.11 Å². The zero-order valence-electron chi connectivity index (χ0n) is 21.7. The van der Waals surface area contributed by atoms with Crippen LogP contribution in [0.1, 0.15) is 34.8 Å². The molecule has 1 N–H and O–H groups in total.